The highest BCUT2D eigenvalue weighted by Crippen LogP contribution is 2.33. The second kappa shape index (κ2) is 7.17. The molecule has 0 unspecified atom stereocenters. The molecule has 4 aromatic carbocycles. The van der Waals surface area contributed by atoms with Crippen LogP contribution in [0.5, 0.6) is 0 Å². The average molecular weight is 371 g/mol. The molecule has 1 saturated carbocycles. The van der Waals surface area contributed by atoms with Gasteiger partial charge in [-0.25, -0.2) is 0 Å². The number of aliphatic hydroxyl groups is 2. The zero-order valence-corrected chi connectivity index (χ0v) is 15.8. The smallest absolute Gasteiger partial charge is 0.0718 e. The maximum atomic E-state index is 10.3. The summed E-state index contributed by atoms with van der Waals surface area (Å²) >= 11 is 0. The minimum atomic E-state index is -0.490. The van der Waals surface area contributed by atoms with Crippen molar-refractivity contribution in [3.63, 3.8) is 0 Å². The summed E-state index contributed by atoms with van der Waals surface area (Å²) in [4.78, 5) is 0. The molecule has 0 radical (unpaired) electrons. The molecule has 0 amide bonds. The summed E-state index contributed by atoms with van der Waals surface area (Å²) in [7, 11) is 0. The molecule has 0 aromatic heterocycles. The minimum absolute atomic E-state index is 0.268. The Morgan fingerprint density at radius 3 is 2.14 bits per heavy atom. The number of hydrogen-bond donors (Lipinski definition) is 3. The lowest BCUT2D eigenvalue weighted by molar-refractivity contribution is 0.000917. The lowest BCUT2D eigenvalue weighted by Crippen LogP contribution is -2.50. The molecule has 0 bridgehead atoms. The van der Waals surface area contributed by atoms with Crippen LogP contribution in [0.15, 0.2) is 66.7 Å². The average Bonchev–Trinajstić information content (AvgIpc) is 2.73. The van der Waals surface area contributed by atoms with Crippen LogP contribution < -0.4 is 5.32 Å². The highest BCUT2D eigenvalue weighted by Gasteiger charge is 2.30. The summed E-state index contributed by atoms with van der Waals surface area (Å²) in [5.74, 6) is 0. The second-order valence-corrected chi connectivity index (χ2v) is 7.94. The van der Waals surface area contributed by atoms with Crippen molar-refractivity contribution in [2.24, 2.45) is 0 Å². The van der Waals surface area contributed by atoms with E-state index in [1.165, 1.54) is 37.9 Å². The first-order chi connectivity index (χ1) is 13.7. The third-order valence-electron chi connectivity index (χ3n) is 6.21. The van der Waals surface area contributed by atoms with Crippen LogP contribution in [-0.2, 0) is 6.54 Å². The molecule has 0 aliphatic heterocycles. The van der Waals surface area contributed by atoms with Gasteiger partial charge in [0, 0.05) is 6.54 Å². The van der Waals surface area contributed by atoms with Gasteiger partial charge in [-0.05, 0) is 63.2 Å². The van der Waals surface area contributed by atoms with E-state index in [1.807, 2.05) is 0 Å². The zero-order chi connectivity index (χ0) is 19.1. The van der Waals surface area contributed by atoms with Crippen LogP contribution in [0.25, 0.3) is 32.3 Å². The van der Waals surface area contributed by atoms with Crippen LogP contribution in [0, 0.1) is 0 Å². The fourth-order valence-electron chi connectivity index (χ4n) is 4.73. The second-order valence-electron chi connectivity index (χ2n) is 7.94. The van der Waals surface area contributed by atoms with Crippen molar-refractivity contribution in [2.45, 2.75) is 44.1 Å². The Labute approximate surface area is 164 Å². The Bertz CT molecular complexity index is 1140. The van der Waals surface area contributed by atoms with Crippen LogP contribution in [0.1, 0.15) is 24.8 Å². The molecular weight excluding hydrogens is 346 g/mol. The zero-order valence-electron chi connectivity index (χ0n) is 15.8. The molecule has 1 aliphatic rings. The molecule has 5 rings (SSSR count). The molecule has 0 saturated heterocycles. The fraction of sp³-hybridized carbons (Fsp3) is 0.280. The molecule has 0 heterocycles. The maximum absolute atomic E-state index is 10.3. The van der Waals surface area contributed by atoms with Gasteiger partial charge in [-0.3, -0.25) is 0 Å². The molecule has 3 N–H and O–H groups in total. The van der Waals surface area contributed by atoms with Gasteiger partial charge in [0.25, 0.3) is 0 Å². The topological polar surface area (TPSA) is 52.5 Å². The monoisotopic (exact) mass is 371 g/mol. The van der Waals surface area contributed by atoms with E-state index in [-0.39, 0.29) is 6.04 Å². The first kappa shape index (κ1) is 17.6. The predicted octanol–water partition coefficient (Wildman–Crippen LogP) is 4.51. The SMILES string of the molecule is O[C@@H]1CCC[C@H](O)[C@H]1NCc1cc2c3ccccc3ccc2c2ccccc12. The van der Waals surface area contributed by atoms with E-state index in [4.69, 9.17) is 0 Å². The molecular formula is C25H25NO2. The Morgan fingerprint density at radius 2 is 1.36 bits per heavy atom. The maximum Gasteiger partial charge on any atom is 0.0718 e. The summed E-state index contributed by atoms with van der Waals surface area (Å²) < 4.78 is 0. The van der Waals surface area contributed by atoms with Crippen LogP contribution in [0.4, 0.5) is 0 Å². The van der Waals surface area contributed by atoms with Crippen molar-refractivity contribution in [1.82, 2.24) is 5.32 Å². The highest BCUT2D eigenvalue weighted by atomic mass is 16.3. The van der Waals surface area contributed by atoms with E-state index in [9.17, 15) is 10.2 Å². The van der Waals surface area contributed by atoms with Crippen molar-refractivity contribution < 1.29 is 10.2 Å². The Balaban J connectivity index is 1.63. The van der Waals surface area contributed by atoms with E-state index in [0.29, 0.717) is 6.54 Å². The molecule has 28 heavy (non-hydrogen) atoms. The van der Waals surface area contributed by atoms with Gasteiger partial charge in [-0.15, -0.1) is 0 Å². The van der Waals surface area contributed by atoms with Crippen LogP contribution >= 0.6 is 0 Å². The van der Waals surface area contributed by atoms with Gasteiger partial charge in [-0.1, -0.05) is 60.7 Å². The van der Waals surface area contributed by atoms with Gasteiger partial charge in [0.05, 0.1) is 18.2 Å². The fourth-order valence-corrected chi connectivity index (χ4v) is 4.73. The minimum Gasteiger partial charge on any atom is -0.391 e. The summed E-state index contributed by atoms with van der Waals surface area (Å²) in [5, 5.41) is 31.5. The van der Waals surface area contributed by atoms with Crippen molar-refractivity contribution in [3.8, 4) is 0 Å². The van der Waals surface area contributed by atoms with E-state index in [2.05, 4.69) is 72.0 Å². The van der Waals surface area contributed by atoms with Crippen molar-refractivity contribution in [3.05, 3.63) is 72.3 Å². The normalized spacial score (nSPS) is 22.9. The Kier molecular flexibility index (Phi) is 4.52. The van der Waals surface area contributed by atoms with Crippen LogP contribution in [-0.4, -0.2) is 28.5 Å². The van der Waals surface area contributed by atoms with Gasteiger partial charge in [-0.2, -0.15) is 0 Å². The van der Waals surface area contributed by atoms with Crippen molar-refractivity contribution in [2.75, 3.05) is 0 Å². The highest BCUT2D eigenvalue weighted by molar-refractivity contribution is 6.18. The van der Waals surface area contributed by atoms with Gasteiger partial charge in [0.15, 0.2) is 0 Å². The third-order valence-corrected chi connectivity index (χ3v) is 6.21. The van der Waals surface area contributed by atoms with E-state index in [0.717, 1.165) is 19.3 Å². The lowest BCUT2D eigenvalue weighted by atomic mass is 9.89. The standard InChI is InChI=1S/C25H25NO2/c27-23-10-5-11-24(28)25(23)26-15-17-14-22-18-7-2-1-6-16(18)12-13-21(22)20-9-4-3-8-19(17)20/h1-4,6-9,12-14,23-28H,5,10-11,15H2/t23-,24+,25+. The van der Waals surface area contributed by atoms with Crippen LogP contribution in [0.3, 0.4) is 0 Å². The van der Waals surface area contributed by atoms with Crippen LogP contribution in [0.2, 0.25) is 0 Å². The third kappa shape index (κ3) is 2.96. The number of benzene rings is 4. The summed E-state index contributed by atoms with van der Waals surface area (Å²) in [6.07, 6.45) is 1.40. The number of aliphatic hydroxyl groups excluding tert-OH is 2. The molecule has 3 nitrogen and oxygen atoms in total. The first-order valence-corrected chi connectivity index (χ1v) is 10.1. The predicted molar refractivity (Wildman–Crippen MR) is 115 cm³/mol. The van der Waals surface area contributed by atoms with E-state index in [1.54, 1.807) is 0 Å². The van der Waals surface area contributed by atoms with E-state index < -0.39 is 12.2 Å². The molecule has 0 spiro atoms. The number of hydrogen-bond acceptors (Lipinski definition) is 3. The van der Waals surface area contributed by atoms with Gasteiger partial charge in [0.2, 0.25) is 0 Å². The number of nitrogens with one attached hydrogen (secondary N) is 1. The van der Waals surface area contributed by atoms with E-state index >= 15 is 0 Å². The number of fused-ring (bicyclic) bond motifs is 5. The van der Waals surface area contributed by atoms with Crippen molar-refractivity contribution >= 4 is 32.3 Å². The Morgan fingerprint density at radius 1 is 0.714 bits per heavy atom. The molecule has 4 aromatic rings. The van der Waals surface area contributed by atoms with Gasteiger partial charge >= 0.3 is 0 Å². The summed E-state index contributed by atoms with van der Waals surface area (Å²) in [6.45, 7) is 0.623. The van der Waals surface area contributed by atoms with Crippen molar-refractivity contribution in [1.29, 1.82) is 0 Å². The summed E-state index contributed by atoms with van der Waals surface area (Å²) in [5.41, 5.74) is 1.20. The van der Waals surface area contributed by atoms with Gasteiger partial charge < -0.3 is 15.5 Å². The number of rotatable bonds is 3. The molecule has 1 aliphatic carbocycles. The largest absolute Gasteiger partial charge is 0.391 e. The molecule has 3 heteroatoms. The lowest BCUT2D eigenvalue weighted by Gasteiger charge is -2.33. The summed E-state index contributed by atoms with van der Waals surface area (Å²) in [6, 6.07) is 23.4. The molecule has 3 atom stereocenters. The van der Waals surface area contributed by atoms with Gasteiger partial charge in [0.1, 0.15) is 0 Å². The quantitative estimate of drug-likeness (QED) is 0.465. The molecule has 142 valence electrons. The Hall–Kier alpha value is -2.46. The molecule has 1 fully saturated rings. The first-order valence-electron chi connectivity index (χ1n) is 10.1.